The average molecular weight is 1150 g/mol. The minimum absolute atomic E-state index is 0.0802. The number of hydrogen-bond acceptors (Lipinski definition) is 6. The lowest BCUT2D eigenvalue weighted by molar-refractivity contribution is -0.167. The Labute approximate surface area is 510 Å². The van der Waals surface area contributed by atoms with Crippen LogP contribution in [0.15, 0.2) is 72.9 Å². The van der Waals surface area contributed by atoms with E-state index in [0.29, 0.717) is 19.3 Å². The van der Waals surface area contributed by atoms with Crippen molar-refractivity contribution in [2.75, 3.05) is 13.2 Å². The third-order valence-corrected chi connectivity index (χ3v) is 15.9. The zero-order chi connectivity index (χ0) is 59.2. The Hall–Kier alpha value is -3.15. The number of carbonyl (C=O) groups is 3. The Kier molecular flexibility index (Phi) is 67.6. The molecule has 1 unspecified atom stereocenters. The van der Waals surface area contributed by atoms with Gasteiger partial charge in [-0.15, -0.1) is 0 Å². The van der Waals surface area contributed by atoms with E-state index < -0.39 is 6.10 Å². The molecule has 0 aromatic rings. The fourth-order valence-electron chi connectivity index (χ4n) is 10.5. The SMILES string of the molecule is CCCCCC/C=C\C/C=C\CCCCCCCCCC(=O)OCC(COC(=O)CCCCCCCCCC/C=C\C/C=C\C/C=C\CCCCCCC)OC(=O)CCCCCCCCCCCCC/C=C\CCCCCCCCCC. The van der Waals surface area contributed by atoms with Crippen molar-refractivity contribution in [3.05, 3.63) is 72.9 Å². The van der Waals surface area contributed by atoms with Crippen molar-refractivity contribution in [2.45, 2.75) is 380 Å². The van der Waals surface area contributed by atoms with Gasteiger partial charge in [-0.05, 0) is 116 Å². The van der Waals surface area contributed by atoms with Gasteiger partial charge in [0.05, 0.1) is 0 Å². The Morgan fingerprint density at radius 3 is 0.707 bits per heavy atom. The predicted octanol–water partition coefficient (Wildman–Crippen LogP) is 24.8. The van der Waals surface area contributed by atoms with Gasteiger partial charge in [0.2, 0.25) is 0 Å². The smallest absolute Gasteiger partial charge is 0.306 e. The lowest BCUT2D eigenvalue weighted by Crippen LogP contribution is -2.30. The summed E-state index contributed by atoms with van der Waals surface area (Å²) in [7, 11) is 0. The van der Waals surface area contributed by atoms with E-state index in [4.69, 9.17) is 14.2 Å². The zero-order valence-corrected chi connectivity index (χ0v) is 54.8. The lowest BCUT2D eigenvalue weighted by atomic mass is 10.0. The van der Waals surface area contributed by atoms with E-state index in [-0.39, 0.29) is 31.1 Å². The van der Waals surface area contributed by atoms with Crippen molar-refractivity contribution in [2.24, 2.45) is 0 Å². The molecule has 6 nitrogen and oxygen atoms in total. The van der Waals surface area contributed by atoms with Gasteiger partial charge >= 0.3 is 17.9 Å². The molecule has 0 spiro atoms. The maximum atomic E-state index is 13.0. The molecule has 0 aromatic heterocycles. The van der Waals surface area contributed by atoms with Gasteiger partial charge < -0.3 is 14.2 Å². The lowest BCUT2D eigenvalue weighted by Gasteiger charge is -2.18. The Morgan fingerprint density at radius 2 is 0.439 bits per heavy atom. The van der Waals surface area contributed by atoms with Crippen molar-refractivity contribution in [1.29, 1.82) is 0 Å². The summed E-state index contributed by atoms with van der Waals surface area (Å²) in [5, 5.41) is 0. The summed E-state index contributed by atoms with van der Waals surface area (Å²) in [4.78, 5) is 38.5. The largest absolute Gasteiger partial charge is 0.462 e. The van der Waals surface area contributed by atoms with Crippen molar-refractivity contribution < 1.29 is 28.6 Å². The van der Waals surface area contributed by atoms with Crippen LogP contribution in [0.1, 0.15) is 374 Å². The van der Waals surface area contributed by atoms with Crippen LogP contribution in [-0.4, -0.2) is 37.2 Å². The van der Waals surface area contributed by atoms with Gasteiger partial charge in [0, 0.05) is 19.3 Å². The van der Waals surface area contributed by atoms with E-state index in [1.54, 1.807) is 0 Å². The fourth-order valence-corrected chi connectivity index (χ4v) is 10.5. The van der Waals surface area contributed by atoms with Crippen LogP contribution in [0.25, 0.3) is 0 Å². The molecule has 0 aliphatic carbocycles. The molecule has 0 aliphatic heterocycles. The molecule has 0 heterocycles. The molecule has 6 heteroatoms. The molecular weight excluding hydrogens is 1010 g/mol. The third-order valence-electron chi connectivity index (χ3n) is 15.9. The minimum atomic E-state index is -0.785. The quantitative estimate of drug-likeness (QED) is 0.0261. The number of ether oxygens (including phenoxy) is 3. The van der Waals surface area contributed by atoms with Crippen LogP contribution >= 0.6 is 0 Å². The molecular formula is C76H136O6. The third kappa shape index (κ3) is 67.6. The van der Waals surface area contributed by atoms with Gasteiger partial charge in [0.1, 0.15) is 13.2 Å². The molecule has 82 heavy (non-hydrogen) atoms. The molecule has 0 aliphatic rings. The Balaban J connectivity index is 4.37. The van der Waals surface area contributed by atoms with Crippen LogP contribution < -0.4 is 0 Å². The van der Waals surface area contributed by atoms with Gasteiger partial charge in [-0.25, -0.2) is 0 Å². The zero-order valence-electron chi connectivity index (χ0n) is 54.8. The summed E-state index contributed by atoms with van der Waals surface area (Å²) in [6.07, 6.45) is 92.0. The molecule has 0 bridgehead atoms. The molecule has 0 saturated carbocycles. The first-order chi connectivity index (χ1) is 40.5. The highest BCUT2D eigenvalue weighted by molar-refractivity contribution is 5.71. The molecule has 0 radical (unpaired) electrons. The summed E-state index contributed by atoms with van der Waals surface area (Å²) in [6.45, 7) is 6.65. The van der Waals surface area contributed by atoms with Crippen LogP contribution in [-0.2, 0) is 28.6 Å². The van der Waals surface area contributed by atoms with E-state index in [0.717, 1.165) is 89.9 Å². The summed E-state index contributed by atoms with van der Waals surface area (Å²) < 4.78 is 17.0. The first-order valence-corrected chi connectivity index (χ1v) is 35.9. The van der Waals surface area contributed by atoms with Gasteiger partial charge in [-0.3, -0.25) is 14.4 Å². The number of allylic oxidation sites excluding steroid dienone is 12. The number of carbonyl (C=O) groups excluding carboxylic acids is 3. The van der Waals surface area contributed by atoms with Crippen LogP contribution in [0, 0.1) is 0 Å². The average Bonchev–Trinajstić information content (AvgIpc) is 3.47. The second-order valence-electron chi connectivity index (χ2n) is 24.1. The van der Waals surface area contributed by atoms with Gasteiger partial charge in [-0.1, -0.05) is 312 Å². The number of hydrogen-bond donors (Lipinski definition) is 0. The van der Waals surface area contributed by atoms with Gasteiger partial charge in [0.15, 0.2) is 6.10 Å². The normalized spacial score (nSPS) is 12.5. The van der Waals surface area contributed by atoms with E-state index in [9.17, 15) is 14.4 Å². The molecule has 0 amide bonds. The van der Waals surface area contributed by atoms with Crippen molar-refractivity contribution in [3.8, 4) is 0 Å². The van der Waals surface area contributed by atoms with Crippen molar-refractivity contribution in [3.63, 3.8) is 0 Å². The Morgan fingerprint density at radius 1 is 0.244 bits per heavy atom. The fraction of sp³-hybridized carbons (Fsp3) is 0.803. The monoisotopic (exact) mass is 1150 g/mol. The topological polar surface area (TPSA) is 78.9 Å². The molecule has 0 fully saturated rings. The first-order valence-electron chi connectivity index (χ1n) is 35.9. The first kappa shape index (κ1) is 78.8. The van der Waals surface area contributed by atoms with E-state index in [1.807, 2.05) is 0 Å². The summed E-state index contributed by atoms with van der Waals surface area (Å²) in [5.74, 6) is -0.874. The molecule has 0 N–H and O–H groups in total. The van der Waals surface area contributed by atoms with Crippen LogP contribution in [0.2, 0.25) is 0 Å². The van der Waals surface area contributed by atoms with Crippen LogP contribution in [0.4, 0.5) is 0 Å². The maximum Gasteiger partial charge on any atom is 0.306 e. The van der Waals surface area contributed by atoms with E-state index in [1.165, 1.54) is 244 Å². The minimum Gasteiger partial charge on any atom is -0.462 e. The number of unbranched alkanes of at least 4 members (excludes halogenated alkanes) is 43. The van der Waals surface area contributed by atoms with Gasteiger partial charge in [0.25, 0.3) is 0 Å². The van der Waals surface area contributed by atoms with Crippen LogP contribution in [0.3, 0.4) is 0 Å². The van der Waals surface area contributed by atoms with Crippen molar-refractivity contribution >= 4 is 17.9 Å². The Bertz CT molecular complexity index is 1500. The van der Waals surface area contributed by atoms with Crippen molar-refractivity contribution in [1.82, 2.24) is 0 Å². The highest BCUT2D eigenvalue weighted by Gasteiger charge is 2.19. The second kappa shape index (κ2) is 70.3. The number of rotatable bonds is 66. The second-order valence-corrected chi connectivity index (χ2v) is 24.1. The van der Waals surface area contributed by atoms with Gasteiger partial charge in [-0.2, -0.15) is 0 Å². The number of esters is 3. The molecule has 0 saturated heterocycles. The standard InChI is InChI=1S/C76H136O6/c1-4-7-10-13-16-19-22-25-28-31-34-36-38-40-42-45-48-51-54-57-60-63-66-69-75(78)81-72-73(71-80-74(77)68-65-62-59-56-53-50-47-44-33-30-27-24-21-18-15-12-9-6-3)82-76(79)70-67-64-61-58-55-52-49-46-43-41-39-37-35-32-29-26-23-20-17-14-11-8-5-2/h21-22,24-25,30-35,38,40,73H,4-20,23,26-29,36-37,39,41-72H2,1-3H3/b24-21-,25-22-,33-30-,34-31-,35-32-,40-38-. The highest BCUT2D eigenvalue weighted by Crippen LogP contribution is 2.17. The van der Waals surface area contributed by atoms with E-state index >= 15 is 0 Å². The van der Waals surface area contributed by atoms with E-state index in [2.05, 4.69) is 93.7 Å². The molecule has 0 aromatic carbocycles. The highest BCUT2D eigenvalue weighted by atomic mass is 16.6. The molecule has 0 rings (SSSR count). The summed E-state index contributed by atoms with van der Waals surface area (Å²) in [5.41, 5.74) is 0. The summed E-state index contributed by atoms with van der Waals surface area (Å²) in [6, 6.07) is 0. The predicted molar refractivity (Wildman–Crippen MR) is 358 cm³/mol. The maximum absolute atomic E-state index is 13.0. The van der Waals surface area contributed by atoms with Crippen LogP contribution in [0.5, 0.6) is 0 Å². The molecule has 1 atom stereocenters. The summed E-state index contributed by atoms with van der Waals surface area (Å²) >= 11 is 0. The molecule has 476 valence electrons.